The summed E-state index contributed by atoms with van der Waals surface area (Å²) in [5.74, 6) is 0. The molecule has 1 unspecified atom stereocenters. The molecule has 2 rings (SSSR count). The third-order valence-electron chi connectivity index (χ3n) is 3.67. The average molecular weight is 248 g/mol. The van der Waals surface area contributed by atoms with Crippen molar-refractivity contribution >= 4 is 8.07 Å². The largest absolute Gasteiger partial charge is 0.326 e. The Kier molecular flexibility index (Phi) is 3.46. The van der Waals surface area contributed by atoms with Crippen LogP contribution in [0.1, 0.15) is 17.5 Å². The molecule has 0 spiro atoms. The van der Waals surface area contributed by atoms with E-state index in [9.17, 15) is 0 Å². The Morgan fingerprint density at radius 2 is 1.76 bits per heavy atom. The van der Waals surface area contributed by atoms with Crippen LogP contribution in [0.15, 0.2) is 24.3 Å². The molecule has 94 valence electrons. The lowest BCUT2D eigenvalue weighted by Gasteiger charge is -2.38. The Hall–Kier alpha value is -0.603. The van der Waals surface area contributed by atoms with Crippen molar-refractivity contribution in [1.29, 1.82) is 0 Å². The summed E-state index contributed by atoms with van der Waals surface area (Å²) in [4.78, 5) is 0. The van der Waals surface area contributed by atoms with Crippen LogP contribution in [0.3, 0.4) is 0 Å². The summed E-state index contributed by atoms with van der Waals surface area (Å²) in [5.41, 5.74) is 3.18. The molecule has 1 atom stereocenters. The summed E-state index contributed by atoms with van der Waals surface area (Å²) in [6, 6.07) is 9.04. The monoisotopic (exact) mass is 248 g/mol. The number of quaternary nitrogens is 1. The first kappa shape index (κ1) is 12.8. The van der Waals surface area contributed by atoms with Gasteiger partial charge in [0.05, 0.1) is 19.8 Å². The molecule has 1 heterocycles. The molecular weight excluding hydrogens is 222 g/mol. The van der Waals surface area contributed by atoms with Gasteiger partial charge in [0.15, 0.2) is 0 Å². The SMILES string of the molecule is C[N+]1(C[Si](C)(C)C)CCCc2ccccc2C1. The predicted molar refractivity (Wildman–Crippen MR) is 77.7 cm³/mol. The smallest absolute Gasteiger partial charge is 0.110 e. The number of rotatable bonds is 2. The van der Waals surface area contributed by atoms with E-state index in [0.717, 1.165) is 0 Å². The molecule has 1 aromatic rings. The van der Waals surface area contributed by atoms with Gasteiger partial charge in [-0.2, -0.15) is 0 Å². The molecule has 0 radical (unpaired) electrons. The normalized spacial score (nSPS) is 25.2. The molecule has 0 saturated carbocycles. The molecule has 1 aliphatic rings. The van der Waals surface area contributed by atoms with Crippen molar-refractivity contribution in [3.05, 3.63) is 35.4 Å². The summed E-state index contributed by atoms with van der Waals surface area (Å²) in [7, 11) is 1.47. The van der Waals surface area contributed by atoms with E-state index in [1.165, 1.54) is 36.6 Å². The quantitative estimate of drug-likeness (QED) is 0.555. The van der Waals surface area contributed by atoms with Crippen molar-refractivity contribution < 1.29 is 4.48 Å². The van der Waals surface area contributed by atoms with Gasteiger partial charge >= 0.3 is 0 Å². The zero-order valence-corrected chi connectivity index (χ0v) is 12.8. The molecule has 0 amide bonds. The van der Waals surface area contributed by atoms with Gasteiger partial charge in [0.2, 0.25) is 0 Å². The van der Waals surface area contributed by atoms with E-state index in [-0.39, 0.29) is 0 Å². The summed E-state index contributed by atoms with van der Waals surface area (Å²) in [5, 5.41) is 0. The second kappa shape index (κ2) is 4.58. The average Bonchev–Trinajstić information content (AvgIpc) is 2.32. The molecule has 1 aromatic carbocycles. The first-order valence-electron chi connectivity index (χ1n) is 6.78. The number of fused-ring (bicyclic) bond motifs is 1. The molecule has 0 fully saturated rings. The Morgan fingerprint density at radius 3 is 2.41 bits per heavy atom. The zero-order valence-electron chi connectivity index (χ0n) is 11.8. The maximum atomic E-state index is 2.49. The first-order valence-corrected chi connectivity index (χ1v) is 10.5. The molecule has 0 bridgehead atoms. The Morgan fingerprint density at radius 1 is 1.12 bits per heavy atom. The Bertz CT molecular complexity index is 394. The highest BCUT2D eigenvalue weighted by Gasteiger charge is 2.32. The lowest BCUT2D eigenvalue weighted by Crippen LogP contribution is -2.52. The highest BCUT2D eigenvalue weighted by atomic mass is 28.3. The molecule has 1 nitrogen and oxygen atoms in total. The summed E-state index contributed by atoms with van der Waals surface area (Å²) < 4.78 is 1.26. The molecule has 1 aliphatic heterocycles. The molecule has 0 aliphatic carbocycles. The fourth-order valence-electron chi connectivity index (χ4n) is 3.38. The van der Waals surface area contributed by atoms with Crippen LogP contribution >= 0.6 is 0 Å². The van der Waals surface area contributed by atoms with Crippen LogP contribution in [0.5, 0.6) is 0 Å². The fourth-order valence-corrected chi connectivity index (χ4v) is 5.94. The molecular formula is C15H26NSi+. The van der Waals surface area contributed by atoms with E-state index >= 15 is 0 Å². The van der Waals surface area contributed by atoms with Gasteiger partial charge in [-0.3, -0.25) is 0 Å². The Labute approximate surface area is 107 Å². The van der Waals surface area contributed by atoms with Gasteiger partial charge in [-0.1, -0.05) is 43.9 Å². The number of hydrogen-bond donors (Lipinski definition) is 0. The van der Waals surface area contributed by atoms with E-state index in [0.29, 0.717) is 0 Å². The minimum atomic E-state index is -0.988. The maximum Gasteiger partial charge on any atom is 0.110 e. The number of benzene rings is 1. The molecule has 0 N–H and O–H groups in total. The summed E-state index contributed by atoms with van der Waals surface area (Å²) >= 11 is 0. The second-order valence-electron chi connectivity index (χ2n) is 7.09. The van der Waals surface area contributed by atoms with Crippen LogP contribution in [0, 0.1) is 0 Å². The van der Waals surface area contributed by atoms with Crippen molar-refractivity contribution in [2.45, 2.75) is 39.0 Å². The van der Waals surface area contributed by atoms with Gasteiger partial charge in [-0.15, -0.1) is 0 Å². The van der Waals surface area contributed by atoms with E-state index in [2.05, 4.69) is 51.0 Å². The van der Waals surface area contributed by atoms with Crippen LogP contribution in [0.4, 0.5) is 0 Å². The van der Waals surface area contributed by atoms with Crippen molar-refractivity contribution in [2.75, 3.05) is 19.8 Å². The predicted octanol–water partition coefficient (Wildman–Crippen LogP) is 3.46. The lowest BCUT2D eigenvalue weighted by molar-refractivity contribution is -0.913. The van der Waals surface area contributed by atoms with Gasteiger partial charge in [0, 0.05) is 12.0 Å². The van der Waals surface area contributed by atoms with Crippen molar-refractivity contribution in [1.82, 2.24) is 0 Å². The molecule has 17 heavy (non-hydrogen) atoms. The van der Waals surface area contributed by atoms with Crippen molar-refractivity contribution in [2.24, 2.45) is 0 Å². The van der Waals surface area contributed by atoms with Crippen LogP contribution in [0.25, 0.3) is 0 Å². The van der Waals surface area contributed by atoms with Crippen LogP contribution in [0.2, 0.25) is 19.6 Å². The van der Waals surface area contributed by atoms with Crippen LogP contribution in [-0.2, 0) is 13.0 Å². The van der Waals surface area contributed by atoms with Crippen molar-refractivity contribution in [3.63, 3.8) is 0 Å². The number of aryl methyl sites for hydroxylation is 1. The van der Waals surface area contributed by atoms with E-state index in [1.807, 2.05) is 0 Å². The van der Waals surface area contributed by atoms with E-state index < -0.39 is 8.07 Å². The number of hydrogen-bond acceptors (Lipinski definition) is 0. The second-order valence-corrected chi connectivity index (χ2v) is 12.5. The van der Waals surface area contributed by atoms with E-state index in [1.54, 1.807) is 11.1 Å². The lowest BCUT2D eigenvalue weighted by atomic mass is 10.0. The van der Waals surface area contributed by atoms with Crippen LogP contribution in [-0.4, -0.2) is 32.3 Å². The fraction of sp³-hybridized carbons (Fsp3) is 0.600. The standard InChI is InChI=1S/C15H26NSi/c1-16(13-17(2,3)4)11-7-10-14-8-5-6-9-15(14)12-16/h5-6,8-9H,7,10-13H2,1-4H3/q+1. The highest BCUT2D eigenvalue weighted by molar-refractivity contribution is 6.75. The summed E-state index contributed by atoms with van der Waals surface area (Å²) in [6.45, 7) is 10.1. The van der Waals surface area contributed by atoms with Gasteiger partial charge in [0.25, 0.3) is 0 Å². The molecule has 2 heteroatoms. The van der Waals surface area contributed by atoms with Gasteiger partial charge < -0.3 is 4.48 Å². The van der Waals surface area contributed by atoms with Gasteiger partial charge in [-0.05, 0) is 12.0 Å². The Balaban J connectivity index is 2.23. The topological polar surface area (TPSA) is 0 Å². The molecule has 0 saturated heterocycles. The maximum absolute atomic E-state index is 2.49. The zero-order chi connectivity index (χ0) is 12.5. The first-order chi connectivity index (χ1) is 7.88. The minimum absolute atomic E-state index is 0.988. The summed E-state index contributed by atoms with van der Waals surface area (Å²) in [6.07, 6.45) is 4.02. The van der Waals surface area contributed by atoms with Crippen LogP contribution < -0.4 is 0 Å². The van der Waals surface area contributed by atoms with Gasteiger partial charge in [0.1, 0.15) is 14.6 Å². The highest BCUT2D eigenvalue weighted by Crippen LogP contribution is 2.24. The third kappa shape index (κ3) is 3.43. The van der Waals surface area contributed by atoms with E-state index in [4.69, 9.17) is 0 Å². The van der Waals surface area contributed by atoms with Crippen molar-refractivity contribution in [3.8, 4) is 0 Å². The molecule has 0 aromatic heterocycles. The minimum Gasteiger partial charge on any atom is -0.326 e. The third-order valence-corrected chi connectivity index (χ3v) is 5.38. The van der Waals surface area contributed by atoms with Gasteiger partial charge in [-0.25, -0.2) is 0 Å². The number of nitrogens with zero attached hydrogens (tertiary/aromatic N) is 1.